The van der Waals surface area contributed by atoms with Crippen molar-refractivity contribution >= 4 is 11.7 Å². The first kappa shape index (κ1) is 9.03. The van der Waals surface area contributed by atoms with Crippen LogP contribution < -0.4 is 5.73 Å². The van der Waals surface area contributed by atoms with Gasteiger partial charge in [-0.25, -0.2) is 0 Å². The summed E-state index contributed by atoms with van der Waals surface area (Å²) in [6.07, 6.45) is 2.94. The number of nitrogens with two attached hydrogens (primary N) is 1. The molecule has 12 heavy (non-hydrogen) atoms. The quantitative estimate of drug-likeness (QED) is 0.438. The minimum absolute atomic E-state index is 0.0231. The van der Waals surface area contributed by atoms with E-state index in [0.29, 0.717) is 0 Å². The van der Waals surface area contributed by atoms with E-state index in [9.17, 15) is 4.79 Å². The van der Waals surface area contributed by atoms with Crippen molar-refractivity contribution < 1.29 is 4.79 Å². The van der Waals surface area contributed by atoms with Gasteiger partial charge in [-0.3, -0.25) is 10.2 Å². The van der Waals surface area contributed by atoms with Crippen molar-refractivity contribution in [2.75, 3.05) is 6.54 Å². The summed E-state index contributed by atoms with van der Waals surface area (Å²) in [6.45, 7) is 2.28. The lowest BCUT2D eigenvalue weighted by Crippen LogP contribution is -2.49. The second-order valence-electron chi connectivity index (χ2n) is 3.18. The Morgan fingerprint density at radius 3 is 2.67 bits per heavy atom. The number of nitrogens with one attached hydrogen (secondary N) is 1. The van der Waals surface area contributed by atoms with Gasteiger partial charge < -0.3 is 10.6 Å². The van der Waals surface area contributed by atoms with E-state index >= 15 is 0 Å². The third-order valence-electron chi connectivity index (χ3n) is 2.27. The highest BCUT2D eigenvalue weighted by atomic mass is 16.2. The van der Waals surface area contributed by atoms with Crippen LogP contribution in [0.15, 0.2) is 0 Å². The summed E-state index contributed by atoms with van der Waals surface area (Å²) >= 11 is 0. The fourth-order valence-electron chi connectivity index (χ4n) is 1.63. The van der Waals surface area contributed by atoms with Crippen LogP contribution in [0.2, 0.25) is 0 Å². The minimum Gasteiger partial charge on any atom is -0.386 e. The number of rotatable bonds is 1. The van der Waals surface area contributed by atoms with Crippen molar-refractivity contribution in [3.05, 3.63) is 0 Å². The predicted molar refractivity (Wildman–Crippen MR) is 46.9 cm³/mol. The van der Waals surface area contributed by atoms with Gasteiger partial charge in [0.1, 0.15) is 5.84 Å². The SMILES string of the molecule is CC(=O)N1CCCC[C@@H]1C(=N)N. The molecule has 0 saturated carbocycles. The van der Waals surface area contributed by atoms with Crippen molar-refractivity contribution in [1.29, 1.82) is 5.41 Å². The summed E-state index contributed by atoms with van der Waals surface area (Å²) in [7, 11) is 0. The Kier molecular flexibility index (Phi) is 2.68. The van der Waals surface area contributed by atoms with Crippen LogP contribution in [0, 0.1) is 5.41 Å². The molecule has 1 fully saturated rings. The van der Waals surface area contributed by atoms with Crippen LogP contribution in [0.25, 0.3) is 0 Å². The van der Waals surface area contributed by atoms with Crippen LogP contribution in [-0.4, -0.2) is 29.2 Å². The van der Waals surface area contributed by atoms with Crippen LogP contribution >= 0.6 is 0 Å². The Balaban J connectivity index is 2.67. The molecule has 1 rings (SSSR count). The number of carbonyl (C=O) groups excluding carboxylic acids is 1. The smallest absolute Gasteiger partial charge is 0.220 e. The van der Waals surface area contributed by atoms with Gasteiger partial charge >= 0.3 is 0 Å². The molecule has 4 nitrogen and oxygen atoms in total. The van der Waals surface area contributed by atoms with E-state index in [0.717, 1.165) is 25.8 Å². The Bertz CT molecular complexity index is 180. The molecule has 1 saturated heterocycles. The van der Waals surface area contributed by atoms with Gasteiger partial charge in [0.2, 0.25) is 5.91 Å². The lowest BCUT2D eigenvalue weighted by atomic mass is 10.0. The molecule has 68 valence electrons. The van der Waals surface area contributed by atoms with Crippen LogP contribution in [-0.2, 0) is 4.79 Å². The Labute approximate surface area is 72.2 Å². The Morgan fingerprint density at radius 2 is 2.25 bits per heavy atom. The lowest BCUT2D eigenvalue weighted by Gasteiger charge is -2.34. The Morgan fingerprint density at radius 1 is 1.58 bits per heavy atom. The van der Waals surface area contributed by atoms with E-state index in [1.54, 1.807) is 4.90 Å². The minimum atomic E-state index is -0.142. The second kappa shape index (κ2) is 3.56. The molecule has 1 aliphatic rings. The van der Waals surface area contributed by atoms with Gasteiger partial charge in [0.15, 0.2) is 0 Å². The molecule has 4 heteroatoms. The molecule has 0 aromatic heterocycles. The van der Waals surface area contributed by atoms with Gasteiger partial charge in [0.05, 0.1) is 6.04 Å². The number of piperidine rings is 1. The first-order valence-electron chi connectivity index (χ1n) is 4.24. The van der Waals surface area contributed by atoms with Crippen molar-refractivity contribution in [3.8, 4) is 0 Å². The summed E-state index contributed by atoms with van der Waals surface area (Å²) < 4.78 is 0. The average molecular weight is 169 g/mol. The monoisotopic (exact) mass is 169 g/mol. The molecule has 0 aliphatic carbocycles. The van der Waals surface area contributed by atoms with E-state index in [2.05, 4.69) is 0 Å². The van der Waals surface area contributed by atoms with E-state index in [1.807, 2.05) is 0 Å². The standard InChI is InChI=1S/C8H15N3O/c1-6(12)11-5-3-2-4-7(11)8(9)10/h7H,2-5H2,1H3,(H3,9,10)/t7-/m1/s1. The first-order chi connectivity index (χ1) is 5.63. The third-order valence-corrected chi connectivity index (χ3v) is 2.27. The zero-order valence-corrected chi connectivity index (χ0v) is 7.34. The van der Waals surface area contributed by atoms with E-state index in [-0.39, 0.29) is 17.8 Å². The molecule has 0 radical (unpaired) electrons. The lowest BCUT2D eigenvalue weighted by molar-refractivity contribution is -0.130. The maximum Gasteiger partial charge on any atom is 0.220 e. The summed E-state index contributed by atoms with van der Waals surface area (Å²) in [5.74, 6) is 0.139. The summed E-state index contributed by atoms with van der Waals surface area (Å²) in [5.41, 5.74) is 5.38. The zero-order chi connectivity index (χ0) is 9.14. The summed E-state index contributed by atoms with van der Waals surface area (Å²) in [5, 5.41) is 7.30. The molecular formula is C8H15N3O. The van der Waals surface area contributed by atoms with Crippen LogP contribution in [0.1, 0.15) is 26.2 Å². The molecule has 1 aliphatic heterocycles. The van der Waals surface area contributed by atoms with Crippen molar-refractivity contribution in [2.24, 2.45) is 5.73 Å². The number of carbonyl (C=O) groups is 1. The molecule has 0 bridgehead atoms. The van der Waals surface area contributed by atoms with Crippen molar-refractivity contribution in [3.63, 3.8) is 0 Å². The van der Waals surface area contributed by atoms with Gasteiger partial charge in [-0.15, -0.1) is 0 Å². The number of amides is 1. The fourth-order valence-corrected chi connectivity index (χ4v) is 1.63. The van der Waals surface area contributed by atoms with Crippen molar-refractivity contribution in [1.82, 2.24) is 4.90 Å². The maximum atomic E-state index is 11.1. The first-order valence-corrected chi connectivity index (χ1v) is 4.24. The zero-order valence-electron chi connectivity index (χ0n) is 7.34. The number of likely N-dealkylation sites (tertiary alicyclic amines) is 1. The van der Waals surface area contributed by atoms with Crippen LogP contribution in [0.3, 0.4) is 0 Å². The molecule has 0 aromatic rings. The normalized spacial score (nSPS) is 23.8. The van der Waals surface area contributed by atoms with Gasteiger partial charge in [0, 0.05) is 13.5 Å². The molecule has 0 unspecified atom stereocenters. The van der Waals surface area contributed by atoms with Crippen molar-refractivity contribution in [2.45, 2.75) is 32.2 Å². The molecule has 3 N–H and O–H groups in total. The maximum absolute atomic E-state index is 11.1. The van der Waals surface area contributed by atoms with Gasteiger partial charge in [0.25, 0.3) is 0 Å². The van der Waals surface area contributed by atoms with Gasteiger partial charge in [-0.05, 0) is 19.3 Å². The molecular weight excluding hydrogens is 154 g/mol. The summed E-state index contributed by atoms with van der Waals surface area (Å²) in [6, 6.07) is -0.142. The summed E-state index contributed by atoms with van der Waals surface area (Å²) in [4.78, 5) is 12.8. The number of nitrogens with zero attached hydrogens (tertiary/aromatic N) is 1. The molecule has 1 amide bonds. The van der Waals surface area contributed by atoms with Gasteiger partial charge in [-0.2, -0.15) is 0 Å². The van der Waals surface area contributed by atoms with Crippen LogP contribution in [0.4, 0.5) is 0 Å². The highest BCUT2D eigenvalue weighted by Gasteiger charge is 2.26. The second-order valence-corrected chi connectivity index (χ2v) is 3.18. The molecule has 1 heterocycles. The largest absolute Gasteiger partial charge is 0.386 e. The number of hydrogen-bond acceptors (Lipinski definition) is 2. The van der Waals surface area contributed by atoms with E-state index < -0.39 is 0 Å². The highest BCUT2D eigenvalue weighted by Crippen LogP contribution is 2.16. The van der Waals surface area contributed by atoms with E-state index in [4.69, 9.17) is 11.1 Å². The highest BCUT2D eigenvalue weighted by molar-refractivity contribution is 5.87. The number of hydrogen-bond donors (Lipinski definition) is 2. The van der Waals surface area contributed by atoms with E-state index in [1.165, 1.54) is 6.92 Å². The fraction of sp³-hybridized carbons (Fsp3) is 0.750. The molecule has 0 aromatic carbocycles. The third kappa shape index (κ3) is 1.75. The topological polar surface area (TPSA) is 70.2 Å². The predicted octanol–water partition coefficient (Wildman–Crippen LogP) is 0.323. The molecule has 0 spiro atoms. The van der Waals surface area contributed by atoms with Gasteiger partial charge in [-0.1, -0.05) is 0 Å². The average Bonchev–Trinajstić information content (AvgIpc) is 2.04. The molecule has 1 atom stereocenters. The number of amidine groups is 1. The Hall–Kier alpha value is -1.06. The van der Waals surface area contributed by atoms with Crippen LogP contribution in [0.5, 0.6) is 0 Å².